The van der Waals surface area contributed by atoms with Gasteiger partial charge in [0.2, 0.25) is 5.95 Å². The molecule has 0 bridgehead atoms. The number of nitrogens with zero attached hydrogens (tertiary/aromatic N) is 3. The van der Waals surface area contributed by atoms with Crippen molar-refractivity contribution in [3.05, 3.63) is 70.7 Å². The average molecular weight is 499 g/mol. The number of non-ortho nitro benzene ring substituents is 1. The molecule has 3 N–H and O–H groups in total. The van der Waals surface area contributed by atoms with E-state index in [0.29, 0.717) is 36.7 Å². The van der Waals surface area contributed by atoms with Gasteiger partial charge in [0.15, 0.2) is 11.6 Å². The maximum absolute atomic E-state index is 14.2. The Morgan fingerprint density at radius 2 is 1.83 bits per heavy atom. The minimum absolute atomic E-state index is 0.114. The number of benzene rings is 2. The molecule has 0 atom stereocenters. The van der Waals surface area contributed by atoms with Crippen LogP contribution < -0.4 is 20.7 Å². The van der Waals surface area contributed by atoms with Crippen LogP contribution in [0.3, 0.4) is 0 Å². The summed E-state index contributed by atoms with van der Waals surface area (Å²) in [7, 11) is 0. The molecule has 0 fully saturated rings. The van der Waals surface area contributed by atoms with E-state index in [-0.39, 0.29) is 17.5 Å². The van der Waals surface area contributed by atoms with Crippen LogP contribution in [0.2, 0.25) is 0 Å². The molecule has 0 aliphatic heterocycles. The molecule has 0 spiro atoms. The predicted molar refractivity (Wildman–Crippen MR) is 132 cm³/mol. The minimum atomic E-state index is -0.718. The maximum atomic E-state index is 14.2. The van der Waals surface area contributed by atoms with E-state index in [4.69, 9.17) is 9.47 Å². The Morgan fingerprint density at radius 3 is 2.56 bits per heavy atom. The third-order valence-electron chi connectivity index (χ3n) is 4.41. The number of anilines is 4. The van der Waals surface area contributed by atoms with Crippen molar-refractivity contribution in [2.45, 2.75) is 32.8 Å². The van der Waals surface area contributed by atoms with Crippen LogP contribution in [0.5, 0.6) is 5.75 Å². The molecule has 0 aliphatic rings. The molecule has 1 aromatic heterocycles. The SMILES string of the molecule is CC(C)(C)OC(=O)NCCCOc1cccc(Nc2ncc(F)c(Nc3cccc([N+](=O)[O-])c3)n2)c1. The summed E-state index contributed by atoms with van der Waals surface area (Å²) in [5, 5.41) is 19.3. The number of halogens is 1. The quantitative estimate of drug-likeness (QED) is 0.193. The van der Waals surface area contributed by atoms with E-state index < -0.39 is 22.4 Å². The zero-order valence-electron chi connectivity index (χ0n) is 20.1. The number of nitro benzene ring substituents is 1. The molecule has 36 heavy (non-hydrogen) atoms. The Labute approximate surface area is 207 Å². The first-order chi connectivity index (χ1) is 17.1. The van der Waals surface area contributed by atoms with E-state index in [1.54, 1.807) is 51.1 Å². The lowest BCUT2D eigenvalue weighted by Crippen LogP contribution is -2.33. The first-order valence-electron chi connectivity index (χ1n) is 11.1. The van der Waals surface area contributed by atoms with Gasteiger partial charge in [-0.05, 0) is 45.4 Å². The van der Waals surface area contributed by atoms with Crippen molar-refractivity contribution in [3.8, 4) is 5.75 Å². The van der Waals surface area contributed by atoms with E-state index in [2.05, 4.69) is 25.9 Å². The monoisotopic (exact) mass is 498 g/mol. The van der Waals surface area contributed by atoms with Crippen LogP contribution in [0.15, 0.2) is 54.7 Å². The number of hydrogen-bond donors (Lipinski definition) is 3. The van der Waals surface area contributed by atoms with E-state index in [9.17, 15) is 19.3 Å². The molecule has 0 saturated carbocycles. The van der Waals surface area contributed by atoms with Crippen LogP contribution in [-0.4, -0.2) is 39.7 Å². The maximum Gasteiger partial charge on any atom is 0.407 e. The van der Waals surface area contributed by atoms with Gasteiger partial charge >= 0.3 is 6.09 Å². The lowest BCUT2D eigenvalue weighted by atomic mass is 10.2. The molecule has 12 heteroatoms. The first kappa shape index (κ1) is 26.1. The van der Waals surface area contributed by atoms with Crippen molar-refractivity contribution >= 4 is 34.9 Å². The fourth-order valence-electron chi connectivity index (χ4n) is 2.91. The van der Waals surface area contributed by atoms with E-state index >= 15 is 0 Å². The lowest BCUT2D eigenvalue weighted by Gasteiger charge is -2.19. The van der Waals surface area contributed by atoms with Gasteiger partial charge < -0.3 is 25.4 Å². The topological polar surface area (TPSA) is 141 Å². The van der Waals surface area contributed by atoms with Crippen molar-refractivity contribution in [1.82, 2.24) is 15.3 Å². The third-order valence-corrected chi connectivity index (χ3v) is 4.41. The Bertz CT molecular complexity index is 1220. The van der Waals surface area contributed by atoms with Gasteiger partial charge in [-0.3, -0.25) is 10.1 Å². The van der Waals surface area contributed by atoms with E-state index in [1.807, 2.05) is 0 Å². The molecular formula is C24H27FN6O5. The summed E-state index contributed by atoms with van der Waals surface area (Å²) in [6, 6.07) is 12.7. The predicted octanol–water partition coefficient (Wildman–Crippen LogP) is 5.30. The summed E-state index contributed by atoms with van der Waals surface area (Å²) in [4.78, 5) is 30.1. The first-order valence-corrected chi connectivity index (χ1v) is 11.1. The van der Waals surface area contributed by atoms with Crippen LogP contribution >= 0.6 is 0 Å². The Morgan fingerprint density at radius 1 is 1.11 bits per heavy atom. The zero-order valence-corrected chi connectivity index (χ0v) is 20.1. The molecule has 2 aromatic carbocycles. The molecule has 3 rings (SSSR count). The number of nitrogens with one attached hydrogen (secondary N) is 3. The molecular weight excluding hydrogens is 471 g/mol. The summed E-state index contributed by atoms with van der Waals surface area (Å²) in [5.41, 5.74) is 0.225. The van der Waals surface area contributed by atoms with Gasteiger partial charge in [0.05, 0.1) is 17.7 Å². The van der Waals surface area contributed by atoms with Gasteiger partial charge in [0.25, 0.3) is 5.69 Å². The summed E-state index contributed by atoms with van der Waals surface area (Å²) in [6.07, 6.45) is 1.09. The third kappa shape index (κ3) is 8.38. The van der Waals surface area contributed by atoms with E-state index in [0.717, 1.165) is 6.20 Å². The smallest absolute Gasteiger partial charge is 0.407 e. The van der Waals surface area contributed by atoms with Crippen LogP contribution in [0.4, 0.5) is 38.0 Å². The number of aromatic nitrogens is 2. The van der Waals surface area contributed by atoms with Gasteiger partial charge in [-0.1, -0.05) is 12.1 Å². The van der Waals surface area contributed by atoms with E-state index in [1.165, 1.54) is 18.2 Å². The number of carbonyl (C=O) groups is 1. The molecule has 3 aromatic rings. The van der Waals surface area contributed by atoms with Crippen LogP contribution in [0.1, 0.15) is 27.2 Å². The number of amides is 1. The second kappa shape index (κ2) is 11.8. The highest BCUT2D eigenvalue weighted by molar-refractivity contribution is 5.67. The number of carbonyl (C=O) groups excluding carboxylic acids is 1. The van der Waals surface area contributed by atoms with Crippen LogP contribution in [-0.2, 0) is 4.74 Å². The van der Waals surface area contributed by atoms with Gasteiger partial charge in [-0.2, -0.15) is 4.98 Å². The second-order valence-corrected chi connectivity index (χ2v) is 8.61. The number of hydrogen-bond acceptors (Lipinski definition) is 9. The van der Waals surface area contributed by atoms with Crippen molar-refractivity contribution in [1.29, 1.82) is 0 Å². The van der Waals surface area contributed by atoms with Crippen molar-refractivity contribution in [2.24, 2.45) is 0 Å². The Kier molecular flexibility index (Phi) is 8.55. The molecule has 190 valence electrons. The molecule has 1 heterocycles. The molecule has 0 radical (unpaired) electrons. The molecule has 0 aliphatic carbocycles. The second-order valence-electron chi connectivity index (χ2n) is 8.61. The highest BCUT2D eigenvalue weighted by atomic mass is 19.1. The summed E-state index contributed by atoms with van der Waals surface area (Å²) in [5.74, 6) is -0.167. The normalized spacial score (nSPS) is 10.9. The number of nitro groups is 1. The standard InChI is InChI=1S/C24H27FN6O5/c1-24(2,3)36-23(32)26-11-6-12-35-19-10-5-8-17(14-19)29-22-27-15-20(25)21(30-22)28-16-7-4-9-18(13-16)31(33)34/h4-5,7-10,13-15H,6,11-12H2,1-3H3,(H,26,32)(H2,27,28,29,30). The molecule has 1 amide bonds. The fourth-order valence-corrected chi connectivity index (χ4v) is 2.91. The van der Waals surface area contributed by atoms with Gasteiger partial charge in [0, 0.05) is 36.1 Å². The lowest BCUT2D eigenvalue weighted by molar-refractivity contribution is -0.384. The average Bonchev–Trinajstić information content (AvgIpc) is 2.80. The van der Waals surface area contributed by atoms with Crippen molar-refractivity contribution < 1.29 is 23.6 Å². The summed E-state index contributed by atoms with van der Waals surface area (Å²) < 4.78 is 25.1. The van der Waals surface area contributed by atoms with Gasteiger partial charge in [-0.15, -0.1) is 0 Å². The Hall–Kier alpha value is -4.48. The highest BCUT2D eigenvalue weighted by Crippen LogP contribution is 2.24. The molecule has 0 unspecified atom stereocenters. The highest BCUT2D eigenvalue weighted by Gasteiger charge is 2.15. The fraction of sp³-hybridized carbons (Fsp3) is 0.292. The number of alkyl carbamates (subject to hydrolysis) is 1. The molecule has 11 nitrogen and oxygen atoms in total. The van der Waals surface area contributed by atoms with Crippen molar-refractivity contribution in [3.63, 3.8) is 0 Å². The largest absolute Gasteiger partial charge is 0.493 e. The number of ether oxygens (including phenoxy) is 2. The Balaban J connectivity index is 1.55. The van der Waals surface area contributed by atoms with Crippen molar-refractivity contribution in [2.75, 3.05) is 23.8 Å². The summed E-state index contributed by atoms with van der Waals surface area (Å²) in [6.45, 7) is 6.15. The van der Waals surface area contributed by atoms with Gasteiger partial charge in [-0.25, -0.2) is 14.2 Å². The minimum Gasteiger partial charge on any atom is -0.493 e. The number of rotatable bonds is 10. The van der Waals surface area contributed by atoms with Gasteiger partial charge in [0.1, 0.15) is 11.4 Å². The van der Waals surface area contributed by atoms with Crippen LogP contribution in [0, 0.1) is 15.9 Å². The summed E-state index contributed by atoms with van der Waals surface area (Å²) >= 11 is 0. The zero-order chi connectivity index (χ0) is 26.1. The van der Waals surface area contributed by atoms with Crippen LogP contribution in [0.25, 0.3) is 0 Å². The molecule has 0 saturated heterocycles.